The molecule has 1 aliphatic heterocycles. The number of hydrogen-bond donors (Lipinski definition) is 1. The second-order valence-electron chi connectivity index (χ2n) is 5.20. The molecule has 0 unspecified atom stereocenters. The van der Waals surface area contributed by atoms with Crippen molar-refractivity contribution in [3.05, 3.63) is 48.0 Å². The molecule has 2 aromatic rings. The van der Waals surface area contributed by atoms with E-state index in [1.807, 2.05) is 49.4 Å². The molecular weight excluding hydrogens is 310 g/mol. The maximum atomic E-state index is 12.2. The van der Waals surface area contributed by atoms with E-state index < -0.39 is 0 Å². The molecule has 120 valence electrons. The zero-order valence-corrected chi connectivity index (χ0v) is 14.0. The van der Waals surface area contributed by atoms with Gasteiger partial charge in [-0.1, -0.05) is 18.2 Å². The Kier molecular flexibility index (Phi) is 4.76. The Morgan fingerprint density at radius 2 is 2.04 bits per heavy atom. The van der Waals surface area contributed by atoms with Gasteiger partial charge in [0.25, 0.3) is 0 Å². The van der Waals surface area contributed by atoms with Gasteiger partial charge in [0.2, 0.25) is 5.91 Å². The Morgan fingerprint density at radius 3 is 2.83 bits per heavy atom. The lowest BCUT2D eigenvalue weighted by molar-refractivity contribution is -0.116. The maximum absolute atomic E-state index is 12.2. The van der Waals surface area contributed by atoms with Crippen molar-refractivity contribution in [3.63, 3.8) is 0 Å². The lowest BCUT2D eigenvalue weighted by Crippen LogP contribution is -2.12. The summed E-state index contributed by atoms with van der Waals surface area (Å²) in [6, 6.07) is 13.8. The van der Waals surface area contributed by atoms with Crippen LogP contribution >= 0.6 is 11.8 Å². The summed E-state index contributed by atoms with van der Waals surface area (Å²) < 4.78 is 11.0. The first-order valence-electron chi connectivity index (χ1n) is 7.57. The van der Waals surface area contributed by atoms with E-state index in [9.17, 15) is 4.79 Å². The molecule has 0 saturated heterocycles. The van der Waals surface area contributed by atoms with Gasteiger partial charge in [-0.25, -0.2) is 0 Å². The van der Waals surface area contributed by atoms with E-state index in [0.29, 0.717) is 18.8 Å². The zero-order chi connectivity index (χ0) is 16.2. The second kappa shape index (κ2) is 6.96. The van der Waals surface area contributed by atoms with Crippen LogP contribution in [0.5, 0.6) is 11.5 Å². The molecule has 0 aromatic heterocycles. The molecule has 1 aliphatic rings. The van der Waals surface area contributed by atoms with Crippen LogP contribution in [-0.2, 0) is 4.79 Å². The molecule has 4 nitrogen and oxygen atoms in total. The van der Waals surface area contributed by atoms with Crippen LogP contribution in [0.1, 0.15) is 24.2 Å². The number of fused-ring (bicyclic) bond motifs is 1. The normalized spacial score (nSPS) is 17.0. The largest absolute Gasteiger partial charge is 0.493 e. The summed E-state index contributed by atoms with van der Waals surface area (Å²) in [4.78, 5) is 13.3. The number of rotatable bonds is 4. The van der Waals surface area contributed by atoms with E-state index in [0.717, 1.165) is 21.9 Å². The van der Waals surface area contributed by atoms with Gasteiger partial charge in [0.15, 0.2) is 11.5 Å². The Morgan fingerprint density at radius 1 is 1.22 bits per heavy atom. The fourth-order valence-electron chi connectivity index (χ4n) is 2.58. The van der Waals surface area contributed by atoms with Crippen LogP contribution in [0.2, 0.25) is 0 Å². The topological polar surface area (TPSA) is 47.6 Å². The Bertz CT molecular complexity index is 717. The molecule has 1 heterocycles. The summed E-state index contributed by atoms with van der Waals surface area (Å²) in [7, 11) is 1.63. The van der Waals surface area contributed by atoms with Crippen LogP contribution in [0.15, 0.2) is 47.4 Å². The van der Waals surface area contributed by atoms with Crippen LogP contribution in [0, 0.1) is 0 Å². The number of hydrogen-bond acceptors (Lipinski definition) is 4. The third-order valence-electron chi connectivity index (χ3n) is 3.66. The van der Waals surface area contributed by atoms with E-state index in [-0.39, 0.29) is 11.2 Å². The Balaban J connectivity index is 1.93. The van der Waals surface area contributed by atoms with Gasteiger partial charge in [-0.05, 0) is 36.8 Å². The molecule has 0 aliphatic carbocycles. The highest BCUT2D eigenvalue weighted by Gasteiger charge is 2.24. The first kappa shape index (κ1) is 15.7. The molecule has 0 spiro atoms. The fourth-order valence-corrected chi connectivity index (χ4v) is 3.81. The minimum atomic E-state index is 0.0281. The summed E-state index contributed by atoms with van der Waals surface area (Å²) in [6.07, 6.45) is 0.427. The SMILES string of the molecule is CCOc1ccc([C@@H]2CC(=O)Nc3ccccc3S2)cc1OC. The fraction of sp³-hybridized carbons (Fsp3) is 0.278. The molecule has 1 amide bonds. The Labute approximate surface area is 140 Å². The third-order valence-corrected chi connectivity index (χ3v) is 4.99. The molecular formula is C18H19NO3S. The minimum Gasteiger partial charge on any atom is -0.493 e. The van der Waals surface area contributed by atoms with Gasteiger partial charge in [0.1, 0.15) is 0 Å². The van der Waals surface area contributed by atoms with Crippen molar-refractivity contribution < 1.29 is 14.3 Å². The van der Waals surface area contributed by atoms with E-state index >= 15 is 0 Å². The van der Waals surface area contributed by atoms with Gasteiger partial charge in [-0.2, -0.15) is 0 Å². The number of benzene rings is 2. The van der Waals surface area contributed by atoms with Gasteiger partial charge in [0, 0.05) is 16.6 Å². The van der Waals surface area contributed by atoms with Crippen LogP contribution in [0.25, 0.3) is 0 Å². The van der Waals surface area contributed by atoms with Crippen molar-refractivity contribution in [2.75, 3.05) is 19.0 Å². The average Bonchev–Trinajstić information content (AvgIpc) is 2.73. The first-order chi connectivity index (χ1) is 11.2. The number of carbonyl (C=O) groups excluding carboxylic acids is 1. The number of para-hydroxylation sites is 1. The predicted molar refractivity (Wildman–Crippen MR) is 92.4 cm³/mol. The van der Waals surface area contributed by atoms with E-state index in [2.05, 4.69) is 5.32 Å². The molecule has 0 fully saturated rings. The maximum Gasteiger partial charge on any atom is 0.225 e. The monoisotopic (exact) mass is 329 g/mol. The second-order valence-corrected chi connectivity index (χ2v) is 6.44. The van der Waals surface area contributed by atoms with Crippen LogP contribution in [0.4, 0.5) is 5.69 Å². The number of amides is 1. The van der Waals surface area contributed by atoms with Gasteiger partial charge in [-0.15, -0.1) is 11.8 Å². The molecule has 23 heavy (non-hydrogen) atoms. The number of thioether (sulfide) groups is 1. The predicted octanol–water partition coefficient (Wildman–Crippen LogP) is 4.27. The Hall–Kier alpha value is -2.14. The highest BCUT2D eigenvalue weighted by Crippen LogP contribution is 2.45. The first-order valence-corrected chi connectivity index (χ1v) is 8.45. The molecule has 3 rings (SSSR count). The molecule has 1 atom stereocenters. The smallest absolute Gasteiger partial charge is 0.225 e. The van der Waals surface area contributed by atoms with Crippen molar-refractivity contribution >= 4 is 23.4 Å². The highest BCUT2D eigenvalue weighted by molar-refractivity contribution is 7.99. The van der Waals surface area contributed by atoms with Crippen molar-refractivity contribution in [1.82, 2.24) is 0 Å². The zero-order valence-electron chi connectivity index (χ0n) is 13.2. The van der Waals surface area contributed by atoms with Crippen molar-refractivity contribution in [3.8, 4) is 11.5 Å². The molecule has 2 aromatic carbocycles. The highest BCUT2D eigenvalue weighted by atomic mass is 32.2. The number of carbonyl (C=O) groups is 1. The molecule has 1 N–H and O–H groups in total. The summed E-state index contributed by atoms with van der Waals surface area (Å²) in [6.45, 7) is 2.53. The van der Waals surface area contributed by atoms with Gasteiger partial charge in [0.05, 0.1) is 19.4 Å². The summed E-state index contributed by atoms with van der Waals surface area (Å²) in [5, 5.41) is 3.01. The van der Waals surface area contributed by atoms with E-state index in [1.165, 1.54) is 0 Å². The van der Waals surface area contributed by atoms with Crippen LogP contribution < -0.4 is 14.8 Å². The van der Waals surface area contributed by atoms with Gasteiger partial charge >= 0.3 is 0 Å². The summed E-state index contributed by atoms with van der Waals surface area (Å²) >= 11 is 1.69. The minimum absolute atomic E-state index is 0.0281. The quantitative estimate of drug-likeness (QED) is 0.910. The number of nitrogens with one attached hydrogen (secondary N) is 1. The standard InChI is InChI=1S/C18H19NO3S/c1-3-22-14-9-8-12(10-15(14)21-2)17-11-18(20)19-13-6-4-5-7-16(13)23-17/h4-10,17H,3,11H2,1-2H3,(H,19,20)/t17-/m0/s1. The number of anilines is 1. The van der Waals surface area contributed by atoms with Crippen molar-refractivity contribution in [2.45, 2.75) is 23.5 Å². The van der Waals surface area contributed by atoms with Crippen molar-refractivity contribution in [1.29, 1.82) is 0 Å². The average molecular weight is 329 g/mol. The van der Waals surface area contributed by atoms with Gasteiger partial charge in [-0.3, -0.25) is 4.79 Å². The lowest BCUT2D eigenvalue weighted by Gasteiger charge is -2.16. The van der Waals surface area contributed by atoms with Crippen LogP contribution in [-0.4, -0.2) is 19.6 Å². The molecule has 0 saturated carbocycles. The summed E-state index contributed by atoms with van der Waals surface area (Å²) in [5.74, 6) is 1.45. The number of ether oxygens (including phenoxy) is 2. The van der Waals surface area contributed by atoms with Gasteiger partial charge < -0.3 is 14.8 Å². The lowest BCUT2D eigenvalue weighted by atomic mass is 10.1. The van der Waals surface area contributed by atoms with E-state index in [4.69, 9.17) is 9.47 Å². The number of methoxy groups -OCH3 is 1. The molecule has 0 radical (unpaired) electrons. The molecule has 5 heteroatoms. The van der Waals surface area contributed by atoms with Crippen molar-refractivity contribution in [2.24, 2.45) is 0 Å². The third kappa shape index (κ3) is 3.45. The summed E-state index contributed by atoms with van der Waals surface area (Å²) in [5.41, 5.74) is 1.94. The van der Waals surface area contributed by atoms with E-state index in [1.54, 1.807) is 18.9 Å². The molecule has 0 bridgehead atoms. The van der Waals surface area contributed by atoms with Crippen LogP contribution in [0.3, 0.4) is 0 Å².